The fraction of sp³-hybridized carbons (Fsp3) is 0.500. The molecule has 1 atom stereocenters. The minimum atomic E-state index is -0.886. The lowest BCUT2D eigenvalue weighted by Crippen LogP contribution is -2.47. The maximum atomic E-state index is 12.2. The molecule has 0 saturated heterocycles. The van der Waals surface area contributed by atoms with Crippen molar-refractivity contribution in [2.45, 2.75) is 38.8 Å². The molecular formula is C16H21N3O5S. The zero-order valence-electron chi connectivity index (χ0n) is 14.0. The van der Waals surface area contributed by atoms with Gasteiger partial charge in [0.05, 0.1) is 4.88 Å². The van der Waals surface area contributed by atoms with Crippen LogP contribution in [0.25, 0.3) is 0 Å². The van der Waals surface area contributed by atoms with E-state index in [4.69, 9.17) is 4.74 Å². The minimum absolute atomic E-state index is 0.119. The predicted octanol–water partition coefficient (Wildman–Crippen LogP) is 1.03. The van der Waals surface area contributed by atoms with E-state index in [0.29, 0.717) is 4.88 Å². The van der Waals surface area contributed by atoms with Gasteiger partial charge in [-0.15, -0.1) is 11.3 Å². The molecule has 0 aliphatic heterocycles. The van der Waals surface area contributed by atoms with Crippen LogP contribution in [0.1, 0.15) is 36.4 Å². The monoisotopic (exact) mass is 367 g/mol. The first kappa shape index (κ1) is 18.9. The number of amides is 4. The SMILES string of the molecule is CC(C)[C@H](NC(=O)c1cccs1)C(=O)OCC(=O)NC(=O)NC1CC1. The molecule has 9 heteroatoms. The number of nitrogens with one attached hydrogen (secondary N) is 3. The molecule has 1 aliphatic carbocycles. The Kier molecular flexibility index (Phi) is 6.51. The molecule has 0 spiro atoms. The van der Waals surface area contributed by atoms with E-state index in [1.165, 1.54) is 11.3 Å². The van der Waals surface area contributed by atoms with E-state index in [2.05, 4.69) is 16.0 Å². The summed E-state index contributed by atoms with van der Waals surface area (Å²) >= 11 is 1.26. The normalized spacial score (nSPS) is 14.5. The van der Waals surface area contributed by atoms with Gasteiger partial charge in [0.1, 0.15) is 6.04 Å². The Hall–Kier alpha value is -2.42. The molecule has 1 aliphatic rings. The third-order valence-electron chi connectivity index (χ3n) is 3.46. The van der Waals surface area contributed by atoms with Gasteiger partial charge in [0, 0.05) is 6.04 Å². The third kappa shape index (κ3) is 6.18. The highest BCUT2D eigenvalue weighted by molar-refractivity contribution is 7.12. The second-order valence-corrected chi connectivity index (χ2v) is 7.02. The second-order valence-electron chi connectivity index (χ2n) is 6.08. The average Bonchev–Trinajstić information content (AvgIpc) is 3.17. The van der Waals surface area contributed by atoms with Crippen molar-refractivity contribution < 1.29 is 23.9 Å². The molecular weight excluding hydrogens is 346 g/mol. The molecule has 4 amide bonds. The van der Waals surface area contributed by atoms with Gasteiger partial charge in [-0.05, 0) is 30.2 Å². The first-order valence-electron chi connectivity index (χ1n) is 7.98. The van der Waals surface area contributed by atoms with Crippen molar-refractivity contribution >= 4 is 35.2 Å². The Balaban J connectivity index is 1.79. The number of carbonyl (C=O) groups is 4. The maximum absolute atomic E-state index is 12.2. The molecule has 0 radical (unpaired) electrons. The minimum Gasteiger partial charge on any atom is -0.454 e. The molecule has 1 aromatic heterocycles. The number of hydrogen-bond acceptors (Lipinski definition) is 6. The largest absolute Gasteiger partial charge is 0.454 e. The first-order chi connectivity index (χ1) is 11.9. The summed E-state index contributed by atoms with van der Waals surface area (Å²) in [6, 6.07) is 2.01. The summed E-state index contributed by atoms with van der Waals surface area (Å²) in [4.78, 5) is 47.8. The van der Waals surface area contributed by atoms with E-state index < -0.39 is 30.6 Å². The van der Waals surface area contributed by atoms with Gasteiger partial charge in [0.2, 0.25) is 0 Å². The van der Waals surface area contributed by atoms with Crippen LogP contribution in [0.5, 0.6) is 0 Å². The predicted molar refractivity (Wildman–Crippen MR) is 91.1 cm³/mol. The van der Waals surface area contributed by atoms with Crippen LogP contribution in [-0.2, 0) is 14.3 Å². The molecule has 25 heavy (non-hydrogen) atoms. The molecule has 0 bridgehead atoms. The van der Waals surface area contributed by atoms with E-state index >= 15 is 0 Å². The highest BCUT2D eigenvalue weighted by Gasteiger charge is 2.28. The van der Waals surface area contributed by atoms with Crippen molar-refractivity contribution in [2.75, 3.05) is 6.61 Å². The summed E-state index contributed by atoms with van der Waals surface area (Å²) in [5.74, 6) is -2.05. The highest BCUT2D eigenvalue weighted by atomic mass is 32.1. The lowest BCUT2D eigenvalue weighted by Gasteiger charge is -2.20. The molecule has 2 rings (SSSR count). The first-order valence-corrected chi connectivity index (χ1v) is 8.86. The fourth-order valence-electron chi connectivity index (χ4n) is 1.96. The molecule has 0 aromatic carbocycles. The van der Waals surface area contributed by atoms with Crippen LogP contribution >= 0.6 is 11.3 Å². The van der Waals surface area contributed by atoms with Gasteiger partial charge in [0.15, 0.2) is 6.61 Å². The van der Waals surface area contributed by atoms with Crippen LogP contribution in [-0.4, -0.2) is 42.5 Å². The van der Waals surface area contributed by atoms with E-state index in [9.17, 15) is 19.2 Å². The topological polar surface area (TPSA) is 114 Å². The second kappa shape index (κ2) is 8.61. The summed E-state index contributed by atoms with van der Waals surface area (Å²) < 4.78 is 4.92. The van der Waals surface area contributed by atoms with E-state index in [-0.39, 0.29) is 17.9 Å². The number of urea groups is 1. The number of hydrogen-bond donors (Lipinski definition) is 3. The smallest absolute Gasteiger partial charge is 0.329 e. The van der Waals surface area contributed by atoms with Crippen molar-refractivity contribution in [1.29, 1.82) is 0 Å². The Bertz CT molecular complexity index is 640. The quantitative estimate of drug-likeness (QED) is 0.623. The van der Waals surface area contributed by atoms with Crippen molar-refractivity contribution in [3.63, 3.8) is 0 Å². The zero-order valence-corrected chi connectivity index (χ0v) is 14.9. The number of esters is 1. The molecule has 136 valence electrons. The summed E-state index contributed by atoms with van der Waals surface area (Å²) in [7, 11) is 0. The molecule has 1 aromatic rings. The van der Waals surface area contributed by atoms with Gasteiger partial charge in [0.25, 0.3) is 11.8 Å². The molecule has 1 heterocycles. The number of imide groups is 1. The third-order valence-corrected chi connectivity index (χ3v) is 4.33. The van der Waals surface area contributed by atoms with E-state index in [1.807, 2.05) is 0 Å². The van der Waals surface area contributed by atoms with Crippen LogP contribution in [0.4, 0.5) is 4.79 Å². The molecule has 3 N–H and O–H groups in total. The highest BCUT2D eigenvalue weighted by Crippen LogP contribution is 2.18. The standard InChI is InChI=1S/C16H21N3O5S/c1-9(2)13(19-14(21)11-4-3-7-25-11)15(22)24-8-12(20)18-16(23)17-10-5-6-10/h3-4,7,9-10,13H,5-6,8H2,1-2H3,(H,19,21)(H2,17,18,20,23)/t13-/m0/s1. The Labute approximate surface area is 149 Å². The molecule has 8 nitrogen and oxygen atoms in total. The summed E-state index contributed by atoms with van der Waals surface area (Å²) in [6.45, 7) is 2.92. The fourth-order valence-corrected chi connectivity index (χ4v) is 2.58. The number of ether oxygens (including phenoxy) is 1. The van der Waals surface area contributed by atoms with Crippen molar-refractivity contribution in [2.24, 2.45) is 5.92 Å². The Morgan fingerprint density at radius 2 is 2.00 bits per heavy atom. The summed E-state index contributed by atoms with van der Waals surface area (Å²) in [5.41, 5.74) is 0. The molecule has 1 saturated carbocycles. The van der Waals surface area contributed by atoms with Gasteiger partial charge < -0.3 is 15.4 Å². The van der Waals surface area contributed by atoms with Crippen LogP contribution < -0.4 is 16.0 Å². The van der Waals surface area contributed by atoms with Crippen molar-refractivity contribution in [3.05, 3.63) is 22.4 Å². The lowest BCUT2D eigenvalue weighted by molar-refractivity contribution is -0.151. The van der Waals surface area contributed by atoms with Crippen molar-refractivity contribution in [3.8, 4) is 0 Å². The molecule has 0 unspecified atom stereocenters. The molecule has 1 fully saturated rings. The zero-order chi connectivity index (χ0) is 18.4. The van der Waals surface area contributed by atoms with Crippen LogP contribution in [0.15, 0.2) is 17.5 Å². The van der Waals surface area contributed by atoms with Crippen LogP contribution in [0.2, 0.25) is 0 Å². The van der Waals surface area contributed by atoms with Crippen molar-refractivity contribution in [1.82, 2.24) is 16.0 Å². The van der Waals surface area contributed by atoms with E-state index in [0.717, 1.165) is 12.8 Å². The van der Waals surface area contributed by atoms with Crippen LogP contribution in [0, 0.1) is 5.92 Å². The number of thiophene rings is 1. The van der Waals surface area contributed by atoms with Gasteiger partial charge in [-0.3, -0.25) is 14.9 Å². The lowest BCUT2D eigenvalue weighted by atomic mass is 10.0. The average molecular weight is 367 g/mol. The van der Waals surface area contributed by atoms with Gasteiger partial charge in [-0.1, -0.05) is 19.9 Å². The van der Waals surface area contributed by atoms with Gasteiger partial charge in [-0.25, -0.2) is 9.59 Å². The Morgan fingerprint density at radius 3 is 2.56 bits per heavy atom. The maximum Gasteiger partial charge on any atom is 0.329 e. The summed E-state index contributed by atoms with van der Waals surface area (Å²) in [6.07, 6.45) is 1.80. The summed E-state index contributed by atoms with van der Waals surface area (Å²) in [5, 5.41) is 9.04. The number of rotatable bonds is 7. The van der Waals surface area contributed by atoms with Gasteiger partial charge >= 0.3 is 12.0 Å². The number of carbonyl (C=O) groups excluding carboxylic acids is 4. The van der Waals surface area contributed by atoms with Crippen LogP contribution in [0.3, 0.4) is 0 Å². The van der Waals surface area contributed by atoms with Gasteiger partial charge in [-0.2, -0.15) is 0 Å². The van der Waals surface area contributed by atoms with E-state index in [1.54, 1.807) is 31.4 Å². The Morgan fingerprint density at radius 1 is 1.28 bits per heavy atom.